The molecule has 2 aromatic carbocycles. The summed E-state index contributed by atoms with van der Waals surface area (Å²) in [6.07, 6.45) is 0.562. The van der Waals surface area contributed by atoms with Crippen LogP contribution < -0.4 is 4.74 Å². The zero-order valence-electron chi connectivity index (χ0n) is 16.8. The number of carbonyl (C=O) groups excluding carboxylic acids is 1. The van der Waals surface area contributed by atoms with Gasteiger partial charge in [-0.2, -0.15) is 4.31 Å². The Balaban J connectivity index is 2.10. The first-order chi connectivity index (χ1) is 13.3. The van der Waals surface area contributed by atoms with Crippen molar-refractivity contribution in [3.63, 3.8) is 0 Å². The van der Waals surface area contributed by atoms with Gasteiger partial charge in [-0.05, 0) is 42.3 Å². The van der Waals surface area contributed by atoms with Gasteiger partial charge in [0.05, 0.1) is 24.2 Å². The van der Waals surface area contributed by atoms with Gasteiger partial charge in [-0.1, -0.05) is 32.0 Å². The zero-order valence-corrected chi connectivity index (χ0v) is 17.6. The van der Waals surface area contributed by atoms with Crippen LogP contribution in [0.4, 0.5) is 0 Å². The van der Waals surface area contributed by atoms with Crippen LogP contribution in [0.25, 0.3) is 0 Å². The van der Waals surface area contributed by atoms with E-state index in [4.69, 9.17) is 9.47 Å². The molecule has 0 unspecified atom stereocenters. The molecular weight excluding hydrogens is 378 g/mol. The van der Waals surface area contributed by atoms with Crippen molar-refractivity contribution in [3.8, 4) is 5.75 Å². The standard InChI is InChI=1S/C21H27NO5S/c1-5-22(6-2)28(24,25)19-12-7-16(3)20(15-19)21(23)27-14-13-17-8-10-18(26-4)11-9-17/h7-12,15H,5-6,13-14H2,1-4H3. The van der Waals surface area contributed by atoms with E-state index in [1.165, 1.54) is 16.4 Å². The number of carbonyl (C=O) groups is 1. The van der Waals surface area contributed by atoms with E-state index in [0.29, 0.717) is 25.1 Å². The fraction of sp³-hybridized carbons (Fsp3) is 0.381. The highest BCUT2D eigenvalue weighted by atomic mass is 32.2. The summed E-state index contributed by atoms with van der Waals surface area (Å²) in [6.45, 7) is 6.27. The SMILES string of the molecule is CCN(CC)S(=O)(=O)c1ccc(C)c(C(=O)OCCc2ccc(OC)cc2)c1. The van der Waals surface area contributed by atoms with E-state index in [-0.39, 0.29) is 17.1 Å². The Morgan fingerprint density at radius 2 is 1.68 bits per heavy atom. The van der Waals surface area contributed by atoms with Gasteiger partial charge in [0.1, 0.15) is 5.75 Å². The molecule has 0 spiro atoms. The quantitative estimate of drug-likeness (QED) is 0.598. The molecule has 0 aliphatic rings. The second-order valence-electron chi connectivity index (χ2n) is 6.30. The Morgan fingerprint density at radius 3 is 2.25 bits per heavy atom. The Morgan fingerprint density at radius 1 is 1.04 bits per heavy atom. The lowest BCUT2D eigenvalue weighted by Crippen LogP contribution is -2.30. The molecule has 0 amide bonds. The highest BCUT2D eigenvalue weighted by Gasteiger charge is 2.23. The summed E-state index contributed by atoms with van der Waals surface area (Å²) in [6, 6.07) is 12.1. The van der Waals surface area contributed by atoms with Gasteiger partial charge in [-0.15, -0.1) is 0 Å². The van der Waals surface area contributed by atoms with Crippen LogP contribution in [0.5, 0.6) is 5.75 Å². The number of esters is 1. The number of hydrogen-bond donors (Lipinski definition) is 0. The van der Waals surface area contributed by atoms with Crippen LogP contribution in [-0.2, 0) is 21.2 Å². The predicted octanol–water partition coefficient (Wildman–Crippen LogP) is 3.43. The third-order valence-corrected chi connectivity index (χ3v) is 6.60. The van der Waals surface area contributed by atoms with E-state index in [9.17, 15) is 13.2 Å². The van der Waals surface area contributed by atoms with Gasteiger partial charge in [0.15, 0.2) is 0 Å². The molecule has 0 fully saturated rings. The number of rotatable bonds is 9. The highest BCUT2D eigenvalue weighted by molar-refractivity contribution is 7.89. The van der Waals surface area contributed by atoms with Crippen LogP contribution in [0, 0.1) is 6.92 Å². The third kappa shape index (κ3) is 5.11. The van der Waals surface area contributed by atoms with Crippen molar-refractivity contribution < 1.29 is 22.7 Å². The monoisotopic (exact) mass is 405 g/mol. The minimum atomic E-state index is -3.63. The predicted molar refractivity (Wildman–Crippen MR) is 108 cm³/mol. The molecule has 0 aliphatic carbocycles. The van der Waals surface area contributed by atoms with Crippen molar-refractivity contribution in [1.29, 1.82) is 0 Å². The summed E-state index contributed by atoms with van der Waals surface area (Å²) < 4.78 is 37.2. The second-order valence-corrected chi connectivity index (χ2v) is 8.24. The maximum atomic E-state index is 12.7. The zero-order chi connectivity index (χ0) is 20.7. The molecule has 7 heteroatoms. The van der Waals surface area contributed by atoms with Gasteiger partial charge in [-0.25, -0.2) is 13.2 Å². The van der Waals surface area contributed by atoms with Gasteiger partial charge in [-0.3, -0.25) is 0 Å². The van der Waals surface area contributed by atoms with Gasteiger partial charge >= 0.3 is 5.97 Å². The number of nitrogens with zero attached hydrogens (tertiary/aromatic N) is 1. The van der Waals surface area contributed by atoms with E-state index >= 15 is 0 Å². The summed E-state index contributed by atoms with van der Waals surface area (Å²) in [7, 11) is -2.03. The second kappa shape index (κ2) is 9.71. The molecule has 2 rings (SSSR count). The van der Waals surface area contributed by atoms with Gasteiger partial charge in [0, 0.05) is 19.5 Å². The molecule has 0 aromatic heterocycles. The van der Waals surface area contributed by atoms with Crippen LogP contribution in [-0.4, -0.2) is 45.5 Å². The lowest BCUT2D eigenvalue weighted by atomic mass is 10.1. The number of aryl methyl sites for hydroxylation is 1. The largest absolute Gasteiger partial charge is 0.497 e. The molecule has 28 heavy (non-hydrogen) atoms. The lowest BCUT2D eigenvalue weighted by Gasteiger charge is -2.19. The maximum absolute atomic E-state index is 12.7. The van der Waals surface area contributed by atoms with E-state index in [2.05, 4.69) is 0 Å². The molecule has 0 saturated heterocycles. The lowest BCUT2D eigenvalue weighted by molar-refractivity contribution is 0.0508. The molecule has 6 nitrogen and oxygen atoms in total. The Hall–Kier alpha value is -2.38. The van der Waals surface area contributed by atoms with Crippen LogP contribution in [0.2, 0.25) is 0 Å². The number of methoxy groups -OCH3 is 1. The van der Waals surface area contributed by atoms with Crippen LogP contribution >= 0.6 is 0 Å². The molecule has 152 valence electrons. The normalized spacial score (nSPS) is 11.5. The number of benzene rings is 2. The van der Waals surface area contributed by atoms with Crippen LogP contribution in [0.3, 0.4) is 0 Å². The fourth-order valence-corrected chi connectivity index (χ4v) is 4.31. The van der Waals surface area contributed by atoms with Gasteiger partial charge in [0.2, 0.25) is 10.0 Å². The Kier molecular flexibility index (Phi) is 7.60. The molecule has 0 bridgehead atoms. The Bertz CT molecular complexity index is 903. The average Bonchev–Trinajstić information content (AvgIpc) is 2.69. The fourth-order valence-electron chi connectivity index (χ4n) is 2.83. The van der Waals surface area contributed by atoms with E-state index < -0.39 is 16.0 Å². The summed E-state index contributed by atoms with van der Waals surface area (Å²) in [5, 5.41) is 0. The molecule has 0 atom stereocenters. The molecule has 0 radical (unpaired) electrons. The number of sulfonamides is 1. The molecule has 0 aliphatic heterocycles. The van der Waals surface area contributed by atoms with Gasteiger partial charge < -0.3 is 9.47 Å². The van der Waals surface area contributed by atoms with Gasteiger partial charge in [0.25, 0.3) is 0 Å². The minimum Gasteiger partial charge on any atom is -0.497 e. The van der Waals surface area contributed by atoms with Crippen LogP contribution in [0.1, 0.15) is 35.3 Å². The first-order valence-corrected chi connectivity index (χ1v) is 10.7. The molecule has 0 saturated carbocycles. The summed E-state index contributed by atoms with van der Waals surface area (Å²) in [5.41, 5.74) is 1.96. The molecule has 2 aromatic rings. The first-order valence-electron chi connectivity index (χ1n) is 9.24. The van der Waals surface area contributed by atoms with E-state index in [0.717, 1.165) is 11.3 Å². The summed E-state index contributed by atoms with van der Waals surface area (Å²) in [5.74, 6) is 0.241. The summed E-state index contributed by atoms with van der Waals surface area (Å²) >= 11 is 0. The molecule has 0 heterocycles. The summed E-state index contributed by atoms with van der Waals surface area (Å²) in [4.78, 5) is 12.6. The van der Waals surface area contributed by atoms with E-state index in [1.807, 2.05) is 24.3 Å². The number of hydrogen-bond acceptors (Lipinski definition) is 5. The maximum Gasteiger partial charge on any atom is 0.338 e. The Labute approximate surface area is 167 Å². The third-order valence-electron chi connectivity index (χ3n) is 4.56. The topological polar surface area (TPSA) is 72.9 Å². The van der Waals surface area contributed by atoms with E-state index in [1.54, 1.807) is 33.9 Å². The smallest absolute Gasteiger partial charge is 0.338 e. The first kappa shape index (κ1) is 21.9. The molecular formula is C21H27NO5S. The molecule has 0 N–H and O–H groups in total. The van der Waals surface area contributed by atoms with Crippen molar-refractivity contribution >= 4 is 16.0 Å². The van der Waals surface area contributed by atoms with Crippen LogP contribution in [0.15, 0.2) is 47.4 Å². The van der Waals surface area contributed by atoms with Crippen molar-refractivity contribution in [2.24, 2.45) is 0 Å². The number of ether oxygens (including phenoxy) is 2. The highest BCUT2D eigenvalue weighted by Crippen LogP contribution is 2.20. The van der Waals surface area contributed by atoms with Crippen molar-refractivity contribution in [2.45, 2.75) is 32.1 Å². The average molecular weight is 406 g/mol. The minimum absolute atomic E-state index is 0.101. The van der Waals surface area contributed by atoms with Crippen molar-refractivity contribution in [1.82, 2.24) is 4.31 Å². The van der Waals surface area contributed by atoms with Crippen molar-refractivity contribution in [3.05, 3.63) is 59.2 Å². The van der Waals surface area contributed by atoms with Crippen molar-refractivity contribution in [2.75, 3.05) is 26.8 Å².